The molecule has 0 unspecified atom stereocenters. The number of ether oxygens (including phenoxy) is 1. The van der Waals surface area contributed by atoms with Gasteiger partial charge in [0.1, 0.15) is 5.82 Å². The molecule has 5 nitrogen and oxygen atoms in total. The molecule has 0 atom stereocenters. The summed E-state index contributed by atoms with van der Waals surface area (Å²) in [7, 11) is -3.47. The molecule has 0 amide bonds. The maximum absolute atomic E-state index is 13.0. The molecule has 1 aliphatic heterocycles. The monoisotopic (exact) mass is 398 g/mol. The minimum Gasteiger partial charge on any atom is -0.379 e. The molecule has 1 N–H and O–H groups in total. The summed E-state index contributed by atoms with van der Waals surface area (Å²) in [5.74, 6) is -0.365. The van der Waals surface area contributed by atoms with Gasteiger partial charge in [-0.25, -0.2) is 12.8 Å². The number of rotatable bonds is 6. The number of nitrogens with zero attached hydrogens (tertiary/aromatic N) is 1. The fraction of sp³-hybridized carbons (Fsp3) is 0.333. The van der Waals surface area contributed by atoms with E-state index in [4.69, 9.17) is 16.3 Å². The van der Waals surface area contributed by atoms with E-state index in [0.717, 1.165) is 11.1 Å². The van der Waals surface area contributed by atoms with E-state index in [9.17, 15) is 12.8 Å². The molecule has 0 aromatic heterocycles. The molecule has 0 spiro atoms. The lowest BCUT2D eigenvalue weighted by molar-refractivity contribution is 0.0730. The molecule has 140 valence electrons. The van der Waals surface area contributed by atoms with E-state index in [1.165, 1.54) is 16.4 Å². The summed E-state index contributed by atoms with van der Waals surface area (Å²) in [5.41, 5.74) is 1.75. The van der Waals surface area contributed by atoms with E-state index in [1.807, 2.05) is 0 Å². The first-order chi connectivity index (χ1) is 12.5. The Kier molecular flexibility index (Phi) is 6.26. The van der Waals surface area contributed by atoms with Gasteiger partial charge in [0.05, 0.1) is 18.1 Å². The second-order valence-electron chi connectivity index (χ2n) is 6.00. The van der Waals surface area contributed by atoms with Crippen LogP contribution < -0.4 is 5.32 Å². The van der Waals surface area contributed by atoms with E-state index < -0.39 is 10.0 Å². The van der Waals surface area contributed by atoms with Gasteiger partial charge in [-0.1, -0.05) is 29.8 Å². The van der Waals surface area contributed by atoms with E-state index in [2.05, 4.69) is 5.32 Å². The fourth-order valence-corrected chi connectivity index (χ4v) is 4.36. The first kappa shape index (κ1) is 19.3. The zero-order valence-corrected chi connectivity index (χ0v) is 15.7. The largest absolute Gasteiger partial charge is 0.379 e. The third kappa shape index (κ3) is 4.61. The summed E-state index contributed by atoms with van der Waals surface area (Å²) < 4.78 is 44.8. The van der Waals surface area contributed by atoms with Crippen LogP contribution in [0.3, 0.4) is 0 Å². The highest BCUT2D eigenvalue weighted by Gasteiger charge is 2.25. The van der Waals surface area contributed by atoms with Crippen molar-refractivity contribution in [2.75, 3.05) is 26.3 Å². The fourth-order valence-electron chi connectivity index (χ4n) is 2.72. The Morgan fingerprint density at radius 2 is 1.77 bits per heavy atom. The molecule has 0 aliphatic carbocycles. The lowest BCUT2D eigenvalue weighted by Gasteiger charge is -2.26. The van der Waals surface area contributed by atoms with Crippen LogP contribution in [0.1, 0.15) is 11.1 Å². The lowest BCUT2D eigenvalue weighted by Crippen LogP contribution is -2.40. The molecular weight excluding hydrogens is 379 g/mol. The number of morpholine rings is 1. The predicted molar refractivity (Wildman–Crippen MR) is 98.0 cm³/mol. The molecule has 1 fully saturated rings. The third-order valence-corrected chi connectivity index (χ3v) is 6.46. The summed E-state index contributed by atoms with van der Waals surface area (Å²) in [5, 5.41) is 3.60. The normalized spacial score (nSPS) is 15.9. The Morgan fingerprint density at radius 1 is 1.08 bits per heavy atom. The molecule has 0 radical (unpaired) electrons. The highest BCUT2D eigenvalue weighted by molar-refractivity contribution is 7.89. The van der Waals surface area contributed by atoms with Gasteiger partial charge in [0.25, 0.3) is 0 Å². The first-order valence-corrected chi connectivity index (χ1v) is 10.1. The van der Waals surface area contributed by atoms with Crippen molar-refractivity contribution in [1.29, 1.82) is 0 Å². The molecule has 2 aromatic rings. The van der Waals surface area contributed by atoms with Crippen LogP contribution in [0.2, 0.25) is 5.02 Å². The maximum atomic E-state index is 13.0. The Bertz CT molecular complexity index is 853. The Balaban J connectivity index is 1.59. The molecule has 8 heteroatoms. The summed E-state index contributed by atoms with van der Waals surface area (Å²) in [6.07, 6.45) is 0. The lowest BCUT2D eigenvalue weighted by atomic mass is 10.2. The van der Waals surface area contributed by atoms with Gasteiger partial charge in [-0.05, 0) is 35.4 Å². The summed E-state index contributed by atoms with van der Waals surface area (Å²) >= 11 is 6.00. The second kappa shape index (κ2) is 8.45. The van der Waals surface area contributed by atoms with Crippen LogP contribution in [0, 0.1) is 5.82 Å². The smallest absolute Gasteiger partial charge is 0.243 e. The number of sulfonamides is 1. The van der Waals surface area contributed by atoms with Crippen LogP contribution in [0.4, 0.5) is 4.39 Å². The van der Waals surface area contributed by atoms with Crippen molar-refractivity contribution in [2.24, 2.45) is 0 Å². The Morgan fingerprint density at radius 3 is 2.42 bits per heavy atom. The van der Waals surface area contributed by atoms with Gasteiger partial charge >= 0.3 is 0 Å². The number of halogens is 2. The van der Waals surface area contributed by atoms with Crippen molar-refractivity contribution in [2.45, 2.75) is 18.0 Å². The third-order valence-electron chi connectivity index (χ3n) is 4.19. The van der Waals surface area contributed by atoms with Gasteiger partial charge in [-0.2, -0.15) is 4.31 Å². The van der Waals surface area contributed by atoms with Gasteiger partial charge in [0, 0.05) is 31.2 Å². The molecular formula is C18H20ClFN2O3S. The van der Waals surface area contributed by atoms with Crippen molar-refractivity contribution >= 4 is 21.6 Å². The zero-order valence-electron chi connectivity index (χ0n) is 14.1. The van der Waals surface area contributed by atoms with E-state index in [0.29, 0.717) is 44.4 Å². The highest BCUT2D eigenvalue weighted by atomic mass is 35.5. The number of nitrogens with one attached hydrogen (secondary N) is 1. The number of hydrogen-bond donors (Lipinski definition) is 1. The maximum Gasteiger partial charge on any atom is 0.243 e. The minimum absolute atomic E-state index is 0.282. The van der Waals surface area contributed by atoms with Gasteiger partial charge in [-0.15, -0.1) is 0 Å². The minimum atomic E-state index is -3.47. The van der Waals surface area contributed by atoms with E-state index in [1.54, 1.807) is 30.3 Å². The number of benzene rings is 2. The van der Waals surface area contributed by atoms with Crippen LogP contribution in [-0.2, 0) is 27.8 Å². The van der Waals surface area contributed by atoms with Gasteiger partial charge in [-0.3, -0.25) is 0 Å². The van der Waals surface area contributed by atoms with Crippen molar-refractivity contribution in [1.82, 2.24) is 9.62 Å². The van der Waals surface area contributed by atoms with Crippen molar-refractivity contribution < 1.29 is 17.5 Å². The van der Waals surface area contributed by atoms with Crippen LogP contribution >= 0.6 is 11.6 Å². The van der Waals surface area contributed by atoms with Crippen LogP contribution in [0.5, 0.6) is 0 Å². The predicted octanol–water partition coefficient (Wildman–Crippen LogP) is 2.79. The Labute approximate surface area is 157 Å². The Hall–Kier alpha value is -1.51. The topological polar surface area (TPSA) is 58.6 Å². The summed E-state index contributed by atoms with van der Waals surface area (Å²) in [4.78, 5) is 0.282. The van der Waals surface area contributed by atoms with Gasteiger partial charge in [0.15, 0.2) is 0 Å². The second-order valence-corrected chi connectivity index (χ2v) is 8.34. The average Bonchev–Trinajstić information content (AvgIpc) is 2.65. The van der Waals surface area contributed by atoms with Crippen LogP contribution in [0.25, 0.3) is 0 Å². The van der Waals surface area contributed by atoms with Gasteiger partial charge < -0.3 is 10.1 Å². The molecule has 2 aromatic carbocycles. The van der Waals surface area contributed by atoms with E-state index in [-0.39, 0.29) is 10.7 Å². The first-order valence-electron chi connectivity index (χ1n) is 8.28. The highest BCUT2D eigenvalue weighted by Crippen LogP contribution is 2.19. The molecule has 3 rings (SSSR count). The van der Waals surface area contributed by atoms with E-state index >= 15 is 0 Å². The van der Waals surface area contributed by atoms with Crippen molar-refractivity contribution in [3.05, 3.63) is 64.4 Å². The molecule has 1 aliphatic rings. The molecule has 1 heterocycles. The molecule has 0 bridgehead atoms. The summed E-state index contributed by atoms with van der Waals surface area (Å²) in [6, 6.07) is 11.1. The van der Waals surface area contributed by atoms with Crippen LogP contribution in [-0.4, -0.2) is 39.0 Å². The molecule has 0 saturated carbocycles. The zero-order chi connectivity index (χ0) is 18.6. The van der Waals surface area contributed by atoms with Crippen molar-refractivity contribution in [3.63, 3.8) is 0 Å². The van der Waals surface area contributed by atoms with Gasteiger partial charge in [0.2, 0.25) is 10.0 Å². The number of hydrogen-bond acceptors (Lipinski definition) is 4. The molecule has 26 heavy (non-hydrogen) atoms. The average molecular weight is 399 g/mol. The SMILES string of the molecule is O=S(=O)(c1ccc(CNCc2ccc(F)cc2Cl)cc1)N1CCOCC1. The summed E-state index contributed by atoms with van der Waals surface area (Å²) in [6.45, 7) is 2.65. The standard InChI is InChI=1S/C18H20ClFN2O3S/c19-18-11-16(20)4-3-15(18)13-21-12-14-1-5-17(6-2-14)26(23,24)22-7-9-25-10-8-22/h1-6,11,21H,7-10,12-13H2. The van der Waals surface area contributed by atoms with Crippen LogP contribution in [0.15, 0.2) is 47.4 Å². The van der Waals surface area contributed by atoms with Crippen molar-refractivity contribution in [3.8, 4) is 0 Å². The molecule has 1 saturated heterocycles. The quantitative estimate of drug-likeness (QED) is 0.812.